The van der Waals surface area contributed by atoms with Gasteiger partial charge in [-0.1, -0.05) is 36.4 Å². The number of alkyl halides is 6. The average Bonchev–Trinajstić information content (AvgIpc) is 3.75. The summed E-state index contributed by atoms with van der Waals surface area (Å²) < 4.78 is 126. The second-order valence-corrected chi connectivity index (χ2v) is 18.1. The summed E-state index contributed by atoms with van der Waals surface area (Å²) in [7, 11) is -2.93. The van der Waals surface area contributed by atoms with Crippen molar-refractivity contribution in [1.82, 2.24) is 29.5 Å². The Bertz CT molecular complexity index is 3100. The van der Waals surface area contributed by atoms with Gasteiger partial charge < -0.3 is 5.73 Å². The summed E-state index contributed by atoms with van der Waals surface area (Å²) in [5.41, 5.74) is 10.7. The maximum Gasteiger partial charge on any atom is 0.393 e. The summed E-state index contributed by atoms with van der Waals surface area (Å²) in [5.74, 6) is 0.840. The van der Waals surface area contributed by atoms with E-state index >= 15 is 0 Å². The van der Waals surface area contributed by atoms with E-state index in [1.54, 1.807) is 48.3 Å². The van der Waals surface area contributed by atoms with E-state index in [1.165, 1.54) is 4.68 Å². The first-order valence-electron chi connectivity index (χ1n) is 18.4. The molecule has 3 N–H and O–H groups in total. The third-order valence-corrected chi connectivity index (χ3v) is 11.6. The van der Waals surface area contributed by atoms with E-state index in [0.717, 1.165) is 81.7 Å². The van der Waals surface area contributed by atoms with Crippen LogP contribution in [0.25, 0.3) is 33.2 Å². The van der Waals surface area contributed by atoms with Gasteiger partial charge in [0.1, 0.15) is 11.6 Å². The zero-order valence-corrected chi connectivity index (χ0v) is 35.4. The van der Waals surface area contributed by atoms with Gasteiger partial charge in [0, 0.05) is 46.0 Å². The number of nitrogens with one attached hydrogen (secondary N) is 1. The highest BCUT2D eigenvalue weighted by Gasteiger charge is 2.29. The van der Waals surface area contributed by atoms with Crippen LogP contribution in [0.15, 0.2) is 144 Å². The molecule has 0 amide bonds. The third kappa shape index (κ3) is 12.1. The maximum atomic E-state index is 12.9. The predicted molar refractivity (Wildman–Crippen MR) is 228 cm³/mol. The molecule has 0 aliphatic rings. The highest BCUT2D eigenvalue weighted by atomic mass is 35.7. The largest absolute Gasteiger partial charge is 0.393 e. The topological polar surface area (TPSA) is 168 Å². The average molecular weight is 929 g/mol. The fourth-order valence-electron chi connectivity index (χ4n) is 6.23. The van der Waals surface area contributed by atoms with Crippen molar-refractivity contribution < 1.29 is 43.2 Å². The van der Waals surface area contributed by atoms with E-state index in [-0.39, 0.29) is 26.7 Å². The van der Waals surface area contributed by atoms with Crippen molar-refractivity contribution in [2.75, 3.05) is 10.5 Å². The van der Waals surface area contributed by atoms with Crippen LogP contribution in [0.1, 0.15) is 22.5 Å². The number of anilines is 2. The van der Waals surface area contributed by atoms with Gasteiger partial charge in [0.25, 0.3) is 19.1 Å². The van der Waals surface area contributed by atoms with Crippen molar-refractivity contribution in [3.05, 3.63) is 156 Å². The Balaban J connectivity index is 0.000000174. The van der Waals surface area contributed by atoms with E-state index in [4.69, 9.17) is 16.4 Å². The zero-order valence-electron chi connectivity index (χ0n) is 33.0. The molecule has 4 aromatic carbocycles. The Hall–Kier alpha value is -6.51. The molecule has 21 heteroatoms. The van der Waals surface area contributed by atoms with Crippen LogP contribution in [0.2, 0.25) is 0 Å². The summed E-state index contributed by atoms with van der Waals surface area (Å²) in [6.45, 7) is 3.65. The molecule has 4 heterocycles. The number of nitrogens with two attached hydrogens (primary N) is 1. The lowest BCUT2D eigenvalue weighted by Gasteiger charge is -2.13. The molecule has 0 fully saturated rings. The van der Waals surface area contributed by atoms with Gasteiger partial charge in [-0.3, -0.25) is 14.7 Å². The monoisotopic (exact) mass is 928 g/mol. The number of sulfonamides is 1. The molecule has 0 aliphatic heterocycles. The Kier molecular flexibility index (Phi) is 13.5. The molecule has 4 aromatic heterocycles. The first-order chi connectivity index (χ1) is 29.6. The number of hydrogen-bond acceptors (Lipinski definition) is 9. The quantitative estimate of drug-likeness (QED) is 0.111. The van der Waals surface area contributed by atoms with Crippen LogP contribution in [0.3, 0.4) is 0 Å². The smallest absolute Gasteiger partial charge is 0.384 e. The number of rotatable bonds is 8. The van der Waals surface area contributed by atoms with E-state index < -0.39 is 44.3 Å². The van der Waals surface area contributed by atoms with Gasteiger partial charge in [0.2, 0.25) is 0 Å². The molecule has 0 aliphatic carbocycles. The summed E-state index contributed by atoms with van der Waals surface area (Å²) in [6, 6.07) is 31.2. The van der Waals surface area contributed by atoms with Crippen molar-refractivity contribution in [3.63, 3.8) is 0 Å². The zero-order chi connectivity index (χ0) is 45.7. The lowest BCUT2D eigenvalue weighted by atomic mass is 10.1. The van der Waals surface area contributed by atoms with E-state index in [0.29, 0.717) is 17.2 Å². The maximum absolute atomic E-state index is 12.9. The fourth-order valence-corrected chi connectivity index (χ4v) is 8.03. The predicted octanol–water partition coefficient (Wildman–Crippen LogP) is 9.66. The van der Waals surface area contributed by atoms with Crippen LogP contribution >= 0.6 is 10.7 Å². The Morgan fingerprint density at radius 3 is 1.49 bits per heavy atom. The highest BCUT2D eigenvalue weighted by Crippen LogP contribution is 2.28. The molecular weight excluding hydrogens is 894 g/mol. The Morgan fingerprint density at radius 1 is 0.603 bits per heavy atom. The molecule has 0 spiro atoms. The van der Waals surface area contributed by atoms with E-state index in [2.05, 4.69) is 24.9 Å². The summed E-state index contributed by atoms with van der Waals surface area (Å²) in [4.78, 5) is 8.26. The van der Waals surface area contributed by atoms with Crippen molar-refractivity contribution in [2.24, 2.45) is 0 Å². The summed E-state index contributed by atoms with van der Waals surface area (Å²) >= 11 is 0. The van der Waals surface area contributed by atoms with Gasteiger partial charge in [-0.15, -0.1) is 0 Å². The van der Waals surface area contributed by atoms with Crippen LogP contribution in [0, 0.1) is 13.8 Å². The summed E-state index contributed by atoms with van der Waals surface area (Å²) in [6.07, 6.45) is -7.44. The first kappa shape index (κ1) is 46.0. The second-order valence-electron chi connectivity index (χ2n) is 13.8. The molecule has 8 aromatic rings. The lowest BCUT2D eigenvalue weighted by molar-refractivity contribution is -0.128. The van der Waals surface area contributed by atoms with Gasteiger partial charge >= 0.3 is 12.4 Å². The number of hydrogen-bond donors (Lipinski definition) is 2. The molecule has 63 heavy (non-hydrogen) atoms. The van der Waals surface area contributed by atoms with Crippen molar-refractivity contribution >= 4 is 63.2 Å². The van der Waals surface area contributed by atoms with Gasteiger partial charge in [0.15, 0.2) is 0 Å². The molecule has 8 rings (SSSR count). The van der Waals surface area contributed by atoms with Crippen LogP contribution in [-0.2, 0) is 31.9 Å². The number of pyridine rings is 2. The molecule has 328 valence electrons. The van der Waals surface area contributed by atoms with Gasteiger partial charge in [-0.05, 0) is 97.8 Å². The number of nitrogen functional groups attached to an aromatic ring is 1. The number of aromatic nitrogens is 6. The number of nitrogens with zero attached hydrogens (tertiary/aromatic N) is 6. The molecule has 0 saturated heterocycles. The van der Waals surface area contributed by atoms with Crippen molar-refractivity contribution in [1.29, 1.82) is 0 Å². The molecule has 0 saturated carbocycles. The minimum Gasteiger partial charge on any atom is -0.384 e. The molecular formula is C42H35ClF6N8O4S2. The molecule has 12 nitrogen and oxygen atoms in total. The van der Waals surface area contributed by atoms with E-state index in [1.807, 2.05) is 55.5 Å². The van der Waals surface area contributed by atoms with Crippen molar-refractivity contribution in [3.8, 4) is 11.4 Å². The normalized spacial score (nSPS) is 12.0. The van der Waals surface area contributed by atoms with Crippen LogP contribution in [0.4, 0.5) is 38.0 Å². The number of fused-ring (bicyclic) bond motifs is 2. The van der Waals surface area contributed by atoms with Crippen LogP contribution in [-0.4, -0.2) is 58.7 Å². The highest BCUT2D eigenvalue weighted by molar-refractivity contribution is 8.13. The number of aryl methyl sites for hydroxylation is 2. The first-order valence-corrected chi connectivity index (χ1v) is 22.2. The molecule has 0 unspecified atom stereocenters. The van der Waals surface area contributed by atoms with Gasteiger partial charge in [-0.2, -0.15) is 36.5 Å². The Morgan fingerprint density at radius 2 is 1.05 bits per heavy atom. The second kappa shape index (κ2) is 18.5. The van der Waals surface area contributed by atoms with Gasteiger partial charge in [0.05, 0.1) is 56.4 Å². The minimum atomic E-state index is -4.37. The number of halogens is 7. The van der Waals surface area contributed by atoms with Crippen molar-refractivity contribution in [2.45, 2.75) is 48.8 Å². The lowest BCUT2D eigenvalue weighted by Crippen LogP contribution is -2.16. The fraction of sp³-hybridized carbons (Fsp3) is 0.143. The van der Waals surface area contributed by atoms with Gasteiger partial charge in [-0.25, -0.2) is 26.2 Å². The molecule has 0 atom stereocenters. The van der Waals surface area contributed by atoms with E-state index in [9.17, 15) is 43.2 Å². The number of benzene rings is 4. The third-order valence-electron chi connectivity index (χ3n) is 8.88. The summed E-state index contributed by atoms with van der Waals surface area (Å²) in [5, 5.41) is 10.6. The van der Waals surface area contributed by atoms with Crippen LogP contribution in [0.5, 0.6) is 0 Å². The van der Waals surface area contributed by atoms with Crippen LogP contribution < -0.4 is 10.5 Å². The standard InChI is InChI=1S/C21H17F3N4O2S.C13H12N4.C8H6ClF3O2S/c1-14-12-20(28(26-14)19-6-2-5-18-17(19)4-3-11-25-18)27-31(29,30)16-9-7-15(8-10-16)13-21(22,23)24;1-9-8-13(14)17(16-9)12-6-2-5-11-10(12)4-3-7-15-11;9-15(13,14)7-3-1-6(2-4-7)5-8(10,11)12/h2-12,27H,13H2,1H3;2-8H,14H2,1H3;1-4H,5H2. The minimum absolute atomic E-state index is 0.00781. The Labute approximate surface area is 361 Å². The molecule has 0 radical (unpaired) electrons. The molecule has 0 bridgehead atoms. The SMILES string of the molecule is Cc1cc(N)n(-c2cccc3ncccc23)n1.Cc1cc(NS(=O)(=O)c2ccc(CC(F)(F)F)cc2)n(-c2cccc3ncccc23)n1.O=S(=O)(Cl)c1ccc(CC(F)(F)F)cc1.